The number of aromatic nitrogens is 2. The van der Waals surface area contributed by atoms with Gasteiger partial charge in [0, 0.05) is 25.4 Å². The van der Waals surface area contributed by atoms with Gasteiger partial charge in [0.05, 0.1) is 12.0 Å². The lowest BCUT2D eigenvalue weighted by molar-refractivity contribution is -0.185. The van der Waals surface area contributed by atoms with Crippen LogP contribution in [0.1, 0.15) is 38.4 Å². The van der Waals surface area contributed by atoms with Gasteiger partial charge >= 0.3 is 6.18 Å². The van der Waals surface area contributed by atoms with Crippen LogP contribution < -0.4 is 0 Å². The van der Waals surface area contributed by atoms with E-state index in [1.54, 1.807) is 6.20 Å². The van der Waals surface area contributed by atoms with Crippen molar-refractivity contribution >= 4 is 0 Å². The molecule has 0 spiro atoms. The normalized spacial score (nSPS) is 25.6. The zero-order valence-electron chi connectivity index (χ0n) is 11.6. The highest BCUT2D eigenvalue weighted by molar-refractivity contribution is 4.95. The van der Waals surface area contributed by atoms with Gasteiger partial charge in [-0.25, -0.2) is 4.98 Å². The fourth-order valence-corrected chi connectivity index (χ4v) is 3.00. The van der Waals surface area contributed by atoms with Gasteiger partial charge in [-0.3, -0.25) is 0 Å². The number of aliphatic hydroxyl groups is 1. The van der Waals surface area contributed by atoms with Crippen molar-refractivity contribution in [2.75, 3.05) is 0 Å². The van der Waals surface area contributed by atoms with Gasteiger partial charge in [0.15, 0.2) is 0 Å². The van der Waals surface area contributed by atoms with E-state index in [0.29, 0.717) is 19.3 Å². The van der Waals surface area contributed by atoms with Crippen molar-refractivity contribution in [3.05, 3.63) is 18.2 Å². The maximum Gasteiger partial charge on any atom is 0.391 e. The first-order chi connectivity index (χ1) is 9.41. The minimum Gasteiger partial charge on any atom is -0.392 e. The van der Waals surface area contributed by atoms with Gasteiger partial charge in [0.1, 0.15) is 5.82 Å². The zero-order chi connectivity index (χ0) is 14.8. The molecule has 1 N–H and O–H groups in total. The predicted octanol–water partition coefficient (Wildman–Crippen LogP) is 3.18. The minimum absolute atomic E-state index is 0.0457. The molecule has 114 valence electrons. The SMILES string of the molecule is CCn1ccnc1CC(O)C1CCC(C(F)(F)F)CC1. The Morgan fingerprint density at radius 1 is 1.35 bits per heavy atom. The molecule has 0 radical (unpaired) electrons. The van der Waals surface area contributed by atoms with E-state index in [1.807, 2.05) is 17.7 Å². The van der Waals surface area contributed by atoms with Crippen molar-refractivity contribution in [3.63, 3.8) is 0 Å². The van der Waals surface area contributed by atoms with Crippen molar-refractivity contribution in [1.29, 1.82) is 0 Å². The maximum atomic E-state index is 12.6. The van der Waals surface area contributed by atoms with Crippen LogP contribution in [0.2, 0.25) is 0 Å². The molecule has 6 heteroatoms. The highest BCUT2D eigenvalue weighted by Gasteiger charge is 2.42. The van der Waals surface area contributed by atoms with Gasteiger partial charge in [-0.15, -0.1) is 0 Å². The van der Waals surface area contributed by atoms with Gasteiger partial charge < -0.3 is 9.67 Å². The topological polar surface area (TPSA) is 38.0 Å². The van der Waals surface area contributed by atoms with Gasteiger partial charge in [0.25, 0.3) is 0 Å². The quantitative estimate of drug-likeness (QED) is 0.925. The summed E-state index contributed by atoms with van der Waals surface area (Å²) >= 11 is 0. The van der Waals surface area contributed by atoms with Crippen LogP contribution in [0.5, 0.6) is 0 Å². The third-order valence-electron chi connectivity index (χ3n) is 4.31. The second-order valence-electron chi connectivity index (χ2n) is 5.55. The lowest BCUT2D eigenvalue weighted by atomic mass is 9.78. The van der Waals surface area contributed by atoms with E-state index in [-0.39, 0.29) is 18.8 Å². The predicted molar refractivity (Wildman–Crippen MR) is 69.1 cm³/mol. The van der Waals surface area contributed by atoms with Crippen molar-refractivity contribution < 1.29 is 18.3 Å². The van der Waals surface area contributed by atoms with E-state index in [9.17, 15) is 18.3 Å². The summed E-state index contributed by atoms with van der Waals surface area (Å²) in [4.78, 5) is 4.20. The summed E-state index contributed by atoms with van der Waals surface area (Å²) in [7, 11) is 0. The second-order valence-corrected chi connectivity index (χ2v) is 5.55. The van der Waals surface area contributed by atoms with Gasteiger partial charge in [-0.2, -0.15) is 13.2 Å². The van der Waals surface area contributed by atoms with Crippen LogP contribution in [0.25, 0.3) is 0 Å². The van der Waals surface area contributed by atoms with E-state index >= 15 is 0 Å². The lowest BCUT2D eigenvalue weighted by Crippen LogP contribution is -2.33. The number of nitrogens with zero attached hydrogens (tertiary/aromatic N) is 2. The fourth-order valence-electron chi connectivity index (χ4n) is 3.00. The van der Waals surface area contributed by atoms with Gasteiger partial charge in [0.2, 0.25) is 0 Å². The highest BCUT2D eigenvalue weighted by Crippen LogP contribution is 2.40. The summed E-state index contributed by atoms with van der Waals surface area (Å²) in [5.41, 5.74) is 0. The molecule has 1 atom stereocenters. The van der Waals surface area contributed by atoms with E-state index in [1.165, 1.54) is 0 Å². The molecule has 20 heavy (non-hydrogen) atoms. The Balaban J connectivity index is 1.87. The molecule has 1 saturated carbocycles. The third-order valence-corrected chi connectivity index (χ3v) is 4.31. The average Bonchev–Trinajstić information content (AvgIpc) is 2.85. The molecular formula is C14H21F3N2O. The van der Waals surface area contributed by atoms with Crippen LogP contribution in [0.3, 0.4) is 0 Å². The van der Waals surface area contributed by atoms with Crippen molar-refractivity contribution in [3.8, 4) is 0 Å². The molecule has 1 unspecified atom stereocenters. The highest BCUT2D eigenvalue weighted by atomic mass is 19.4. The Morgan fingerprint density at radius 2 is 2.00 bits per heavy atom. The molecule has 0 aliphatic heterocycles. The number of hydrogen-bond donors (Lipinski definition) is 1. The molecule has 0 aromatic carbocycles. The first-order valence-corrected chi connectivity index (χ1v) is 7.16. The third kappa shape index (κ3) is 3.53. The number of aliphatic hydroxyl groups excluding tert-OH is 1. The summed E-state index contributed by atoms with van der Waals surface area (Å²) in [6, 6.07) is 0. The Morgan fingerprint density at radius 3 is 2.55 bits per heavy atom. The fraction of sp³-hybridized carbons (Fsp3) is 0.786. The Hall–Kier alpha value is -1.04. The summed E-state index contributed by atoms with van der Waals surface area (Å²) in [6.45, 7) is 2.77. The van der Waals surface area contributed by atoms with Crippen molar-refractivity contribution in [2.45, 2.75) is 57.9 Å². The molecule has 2 rings (SSSR count). The number of hydrogen-bond acceptors (Lipinski definition) is 2. The monoisotopic (exact) mass is 290 g/mol. The number of rotatable bonds is 4. The molecule has 3 nitrogen and oxygen atoms in total. The van der Waals surface area contributed by atoms with E-state index in [4.69, 9.17) is 0 Å². The summed E-state index contributed by atoms with van der Waals surface area (Å²) in [5, 5.41) is 10.2. The standard InChI is InChI=1S/C14H21F3N2O/c1-2-19-8-7-18-13(19)9-12(20)10-3-5-11(6-4-10)14(15,16)17/h7-8,10-12,20H,2-6,9H2,1H3. The average molecular weight is 290 g/mol. The molecule has 1 heterocycles. The molecule has 1 fully saturated rings. The van der Waals surface area contributed by atoms with E-state index in [2.05, 4.69) is 4.98 Å². The van der Waals surface area contributed by atoms with Crippen molar-refractivity contribution in [1.82, 2.24) is 9.55 Å². The largest absolute Gasteiger partial charge is 0.392 e. The molecule has 0 amide bonds. The van der Waals surface area contributed by atoms with E-state index in [0.717, 1.165) is 12.4 Å². The molecule has 1 aromatic rings. The minimum atomic E-state index is -4.09. The molecule has 1 aliphatic rings. The first kappa shape index (κ1) is 15.4. The lowest BCUT2D eigenvalue weighted by Gasteiger charge is -2.32. The first-order valence-electron chi connectivity index (χ1n) is 7.16. The number of halogens is 3. The van der Waals surface area contributed by atoms with Gasteiger partial charge in [-0.05, 0) is 38.5 Å². The van der Waals surface area contributed by atoms with Crippen LogP contribution in [-0.4, -0.2) is 26.9 Å². The van der Waals surface area contributed by atoms with Gasteiger partial charge in [-0.1, -0.05) is 0 Å². The summed E-state index contributed by atoms with van der Waals surface area (Å²) in [5.74, 6) is -0.433. The summed E-state index contributed by atoms with van der Waals surface area (Å²) in [6.07, 6.45) is 0.416. The molecule has 0 bridgehead atoms. The molecule has 1 aliphatic carbocycles. The number of imidazole rings is 1. The number of aryl methyl sites for hydroxylation is 1. The Bertz CT molecular complexity index is 422. The van der Waals surface area contributed by atoms with Crippen molar-refractivity contribution in [2.24, 2.45) is 11.8 Å². The molecule has 1 aromatic heterocycles. The van der Waals surface area contributed by atoms with Crippen LogP contribution in [0.15, 0.2) is 12.4 Å². The summed E-state index contributed by atoms with van der Waals surface area (Å²) < 4.78 is 39.7. The molecule has 0 saturated heterocycles. The second kappa shape index (κ2) is 6.16. The zero-order valence-corrected chi connectivity index (χ0v) is 11.6. The van der Waals surface area contributed by atoms with Crippen LogP contribution >= 0.6 is 0 Å². The van der Waals surface area contributed by atoms with Crippen LogP contribution in [0.4, 0.5) is 13.2 Å². The number of alkyl halides is 3. The maximum absolute atomic E-state index is 12.6. The Labute approximate surface area is 116 Å². The van der Waals surface area contributed by atoms with Crippen LogP contribution in [-0.2, 0) is 13.0 Å². The Kier molecular flexibility index (Phi) is 4.73. The van der Waals surface area contributed by atoms with E-state index < -0.39 is 18.2 Å². The van der Waals surface area contributed by atoms with Crippen LogP contribution in [0, 0.1) is 11.8 Å². The smallest absolute Gasteiger partial charge is 0.391 e. The molecular weight excluding hydrogens is 269 g/mol.